The molecule has 0 aliphatic carbocycles. The molecular weight excluding hydrogens is 403 g/mol. The first kappa shape index (κ1) is 14.4. The van der Waals surface area contributed by atoms with Gasteiger partial charge in [0.15, 0.2) is 0 Å². The highest BCUT2D eigenvalue weighted by molar-refractivity contribution is 14.1. The molecule has 2 nitrogen and oxygen atoms in total. The van der Waals surface area contributed by atoms with Crippen molar-refractivity contribution in [1.82, 2.24) is 9.55 Å². The highest BCUT2D eigenvalue weighted by Gasteiger charge is 2.19. The minimum Gasteiger partial charge on any atom is -0.319 e. The van der Waals surface area contributed by atoms with E-state index in [1.54, 1.807) is 11.3 Å². The van der Waals surface area contributed by atoms with Crippen molar-refractivity contribution < 1.29 is 0 Å². The summed E-state index contributed by atoms with van der Waals surface area (Å²) in [5.41, 5.74) is 2.20. The number of hydrogen-bond donors (Lipinski definition) is 0. The van der Waals surface area contributed by atoms with Gasteiger partial charge in [-0.05, 0) is 58.7 Å². The molecule has 2 aromatic heterocycles. The lowest BCUT2D eigenvalue weighted by Gasteiger charge is -2.18. The third kappa shape index (κ3) is 2.49. The van der Waals surface area contributed by atoms with Gasteiger partial charge in [0.2, 0.25) is 0 Å². The van der Waals surface area contributed by atoms with Crippen LogP contribution in [0.3, 0.4) is 0 Å². The van der Waals surface area contributed by atoms with Crippen LogP contribution in [0.15, 0.2) is 35.7 Å². The Balaban J connectivity index is 2.22. The fourth-order valence-corrected chi connectivity index (χ4v) is 4.12. The second-order valence-corrected chi connectivity index (χ2v) is 7.10. The molecule has 3 rings (SSSR count). The molecule has 5 heteroatoms. The number of nitrogens with zero attached hydrogens (tertiary/aromatic N) is 2. The van der Waals surface area contributed by atoms with Gasteiger partial charge in [0, 0.05) is 8.45 Å². The number of alkyl halides is 1. The molecule has 0 saturated heterocycles. The molecule has 0 radical (unpaired) electrons. The van der Waals surface area contributed by atoms with E-state index in [9.17, 15) is 0 Å². The molecule has 0 amide bonds. The lowest BCUT2D eigenvalue weighted by molar-refractivity contribution is 0.574. The van der Waals surface area contributed by atoms with Crippen molar-refractivity contribution in [3.8, 4) is 0 Å². The monoisotopic (exact) mass is 416 g/mol. The van der Waals surface area contributed by atoms with Crippen LogP contribution in [0.25, 0.3) is 11.0 Å². The molecule has 0 saturated carbocycles. The summed E-state index contributed by atoms with van der Waals surface area (Å²) in [5, 5.41) is 2.13. The molecule has 0 fully saturated rings. The molecule has 0 spiro atoms. The Hall–Kier alpha value is -0.590. The van der Waals surface area contributed by atoms with E-state index in [1.165, 1.54) is 14.0 Å². The van der Waals surface area contributed by atoms with E-state index >= 15 is 0 Å². The summed E-state index contributed by atoms with van der Waals surface area (Å²) in [4.78, 5) is 6.06. The summed E-state index contributed by atoms with van der Waals surface area (Å²) in [6.45, 7) is 2.21. The number of rotatable bonds is 4. The maximum absolute atomic E-state index is 6.12. The number of hydrogen-bond acceptors (Lipinski definition) is 2. The van der Waals surface area contributed by atoms with E-state index < -0.39 is 0 Å². The average molecular weight is 417 g/mol. The van der Waals surface area contributed by atoms with Crippen LogP contribution >= 0.6 is 45.5 Å². The first-order valence-electron chi connectivity index (χ1n) is 6.50. The lowest BCUT2D eigenvalue weighted by atomic mass is 10.1. The van der Waals surface area contributed by atoms with Gasteiger partial charge in [-0.2, -0.15) is 0 Å². The molecule has 0 aliphatic rings. The predicted octanol–water partition coefficient (Wildman–Crippen LogP) is 5.44. The van der Waals surface area contributed by atoms with Gasteiger partial charge in [0.25, 0.3) is 0 Å². The van der Waals surface area contributed by atoms with Gasteiger partial charge in [-0.25, -0.2) is 4.98 Å². The van der Waals surface area contributed by atoms with E-state index in [0.717, 1.165) is 17.8 Å². The molecule has 2 heterocycles. The molecule has 1 atom stereocenters. The minimum atomic E-state index is 0.314. The molecule has 3 aromatic rings. The van der Waals surface area contributed by atoms with Crippen molar-refractivity contribution in [2.24, 2.45) is 0 Å². The summed E-state index contributed by atoms with van der Waals surface area (Å²) >= 11 is 10.2. The minimum absolute atomic E-state index is 0.314. The summed E-state index contributed by atoms with van der Waals surface area (Å²) in [7, 11) is 0. The summed E-state index contributed by atoms with van der Waals surface area (Å²) < 4.78 is 3.49. The van der Waals surface area contributed by atoms with Crippen LogP contribution < -0.4 is 0 Å². The SMILES string of the molecule is CCC(c1cccs1)n1c(CCl)nc2cc(I)ccc21. The number of benzene rings is 1. The van der Waals surface area contributed by atoms with Crippen LogP contribution in [-0.2, 0) is 5.88 Å². The van der Waals surface area contributed by atoms with Crippen molar-refractivity contribution in [3.63, 3.8) is 0 Å². The van der Waals surface area contributed by atoms with Gasteiger partial charge in [-0.1, -0.05) is 13.0 Å². The van der Waals surface area contributed by atoms with Crippen LogP contribution in [0, 0.1) is 3.57 Å². The quantitative estimate of drug-likeness (QED) is 0.409. The van der Waals surface area contributed by atoms with Crippen LogP contribution in [0.2, 0.25) is 0 Å². The molecule has 0 aliphatic heterocycles. The highest BCUT2D eigenvalue weighted by atomic mass is 127. The summed E-state index contributed by atoms with van der Waals surface area (Å²) in [6.07, 6.45) is 1.03. The van der Waals surface area contributed by atoms with Crippen LogP contribution in [-0.4, -0.2) is 9.55 Å². The summed E-state index contributed by atoms with van der Waals surface area (Å²) in [6, 6.07) is 11.0. The van der Waals surface area contributed by atoms with Gasteiger partial charge in [-0.3, -0.25) is 0 Å². The third-order valence-corrected chi connectivity index (χ3v) is 5.30. The molecule has 0 bridgehead atoms. The third-order valence-electron chi connectivity index (χ3n) is 3.41. The molecule has 1 unspecified atom stereocenters. The van der Waals surface area contributed by atoms with Crippen LogP contribution in [0.1, 0.15) is 30.1 Å². The van der Waals surface area contributed by atoms with Crippen molar-refractivity contribution >= 4 is 56.6 Å². The Morgan fingerprint density at radius 3 is 2.90 bits per heavy atom. The topological polar surface area (TPSA) is 17.8 Å². The maximum Gasteiger partial charge on any atom is 0.125 e. The van der Waals surface area contributed by atoms with Crippen molar-refractivity contribution in [2.75, 3.05) is 0 Å². The Morgan fingerprint density at radius 2 is 2.25 bits per heavy atom. The predicted molar refractivity (Wildman–Crippen MR) is 94.8 cm³/mol. The van der Waals surface area contributed by atoms with Gasteiger partial charge in [0.05, 0.1) is 23.0 Å². The molecular formula is C15H14ClIN2S. The maximum atomic E-state index is 6.12. The van der Waals surface area contributed by atoms with Crippen LogP contribution in [0.5, 0.6) is 0 Å². The first-order valence-corrected chi connectivity index (χ1v) is 8.99. The number of imidazole rings is 1. The second kappa shape index (κ2) is 6.03. The largest absolute Gasteiger partial charge is 0.319 e. The fraction of sp³-hybridized carbons (Fsp3) is 0.267. The average Bonchev–Trinajstić information content (AvgIpc) is 3.08. The van der Waals surface area contributed by atoms with Crippen molar-refractivity contribution in [1.29, 1.82) is 0 Å². The van der Waals surface area contributed by atoms with E-state index in [4.69, 9.17) is 16.6 Å². The van der Waals surface area contributed by atoms with Gasteiger partial charge in [0.1, 0.15) is 5.82 Å². The summed E-state index contributed by atoms with van der Waals surface area (Å²) in [5.74, 6) is 1.39. The van der Waals surface area contributed by atoms with Gasteiger partial charge >= 0.3 is 0 Å². The smallest absolute Gasteiger partial charge is 0.125 e. The second-order valence-electron chi connectivity index (χ2n) is 4.60. The Kier molecular flexibility index (Phi) is 4.33. The zero-order valence-corrected chi connectivity index (χ0v) is 14.7. The first-order chi connectivity index (χ1) is 9.74. The Labute approximate surface area is 140 Å². The number of thiophene rings is 1. The Bertz CT molecular complexity index is 721. The standard InChI is InChI=1S/C15H14ClIN2S/c1-2-12(14-4-3-7-20-14)19-13-6-5-10(17)8-11(13)18-15(19)9-16/h3-8,12H,2,9H2,1H3. The molecule has 104 valence electrons. The Morgan fingerprint density at radius 1 is 1.40 bits per heavy atom. The van der Waals surface area contributed by atoms with Crippen LogP contribution in [0.4, 0.5) is 0 Å². The van der Waals surface area contributed by atoms with Gasteiger partial charge in [-0.15, -0.1) is 22.9 Å². The molecule has 1 aromatic carbocycles. The van der Waals surface area contributed by atoms with Gasteiger partial charge < -0.3 is 4.57 Å². The molecule has 0 N–H and O–H groups in total. The van der Waals surface area contributed by atoms with E-state index in [1.807, 2.05) is 0 Å². The van der Waals surface area contributed by atoms with Crippen molar-refractivity contribution in [2.45, 2.75) is 25.3 Å². The number of aromatic nitrogens is 2. The zero-order valence-electron chi connectivity index (χ0n) is 11.0. The highest BCUT2D eigenvalue weighted by Crippen LogP contribution is 2.32. The normalized spacial score (nSPS) is 12.9. The van der Waals surface area contributed by atoms with E-state index in [2.05, 4.69) is 69.8 Å². The fourth-order valence-electron chi connectivity index (χ4n) is 2.56. The van der Waals surface area contributed by atoms with E-state index in [-0.39, 0.29) is 0 Å². The van der Waals surface area contributed by atoms with Crippen molar-refractivity contribution in [3.05, 3.63) is 50.0 Å². The molecule has 20 heavy (non-hydrogen) atoms. The lowest BCUT2D eigenvalue weighted by Crippen LogP contribution is -2.11. The number of fused-ring (bicyclic) bond motifs is 1. The zero-order chi connectivity index (χ0) is 14.1. The van der Waals surface area contributed by atoms with E-state index in [0.29, 0.717) is 11.9 Å². The number of halogens is 2.